The predicted molar refractivity (Wildman–Crippen MR) is 65.1 cm³/mol. The van der Waals surface area contributed by atoms with Crippen molar-refractivity contribution in [3.63, 3.8) is 0 Å². The summed E-state index contributed by atoms with van der Waals surface area (Å²) in [5.74, 6) is 0.223. The van der Waals surface area contributed by atoms with E-state index >= 15 is 0 Å². The normalized spacial score (nSPS) is 23.4. The van der Waals surface area contributed by atoms with E-state index in [1.165, 1.54) is 7.11 Å². The number of ether oxygens (including phenoxy) is 1. The number of hydrogen-bond acceptors (Lipinski definition) is 5. The maximum atomic E-state index is 11.6. The molecule has 1 aromatic rings. The van der Waals surface area contributed by atoms with Gasteiger partial charge in [0.05, 0.1) is 7.11 Å². The Morgan fingerprint density at radius 3 is 3.12 bits per heavy atom. The van der Waals surface area contributed by atoms with Gasteiger partial charge in [0, 0.05) is 18.3 Å². The predicted octanol–water partition coefficient (Wildman–Crippen LogP) is 1.03. The van der Waals surface area contributed by atoms with Crippen molar-refractivity contribution in [1.82, 2.24) is 10.3 Å². The van der Waals surface area contributed by atoms with Gasteiger partial charge in [0.1, 0.15) is 11.4 Å². The Hall–Kier alpha value is -1.62. The molecule has 2 N–H and O–H groups in total. The van der Waals surface area contributed by atoms with Crippen LogP contribution in [0.4, 0.5) is 5.82 Å². The van der Waals surface area contributed by atoms with E-state index in [2.05, 4.69) is 22.5 Å². The molecule has 0 bridgehead atoms. The van der Waals surface area contributed by atoms with Crippen LogP contribution in [0.2, 0.25) is 0 Å². The van der Waals surface area contributed by atoms with E-state index in [4.69, 9.17) is 4.74 Å². The second kappa shape index (κ2) is 4.71. The van der Waals surface area contributed by atoms with Crippen molar-refractivity contribution in [2.75, 3.05) is 25.5 Å². The number of nitrogens with zero attached hydrogens (tertiary/aromatic N) is 1. The Bertz CT molecular complexity index is 414. The Morgan fingerprint density at radius 1 is 1.65 bits per heavy atom. The zero-order chi connectivity index (χ0) is 12.3. The zero-order valence-electron chi connectivity index (χ0n) is 10.1. The number of carbonyl (C=O) groups excluding carboxylic acids is 1. The van der Waals surface area contributed by atoms with Crippen molar-refractivity contribution >= 4 is 11.8 Å². The van der Waals surface area contributed by atoms with E-state index in [1.54, 1.807) is 18.3 Å². The number of esters is 1. The highest BCUT2D eigenvalue weighted by atomic mass is 16.5. The minimum Gasteiger partial charge on any atom is -0.465 e. The third-order valence-electron chi connectivity index (χ3n) is 3.00. The standard InChI is InChI=1S/C12H17N3O2/c1-12(5-7-13-8-12)15-10-9(11(16)17-2)4-3-6-14-10/h3-4,6,13H,5,7-8H2,1-2H3,(H,14,15). The quantitative estimate of drug-likeness (QED) is 0.766. The van der Waals surface area contributed by atoms with Crippen LogP contribution in [0, 0.1) is 0 Å². The van der Waals surface area contributed by atoms with E-state index in [1.807, 2.05) is 0 Å². The summed E-state index contributed by atoms with van der Waals surface area (Å²) < 4.78 is 4.74. The molecule has 0 radical (unpaired) electrons. The number of nitrogens with one attached hydrogen (secondary N) is 2. The van der Waals surface area contributed by atoms with Crippen LogP contribution in [-0.4, -0.2) is 36.7 Å². The lowest BCUT2D eigenvalue weighted by Crippen LogP contribution is -2.37. The summed E-state index contributed by atoms with van der Waals surface area (Å²) >= 11 is 0. The SMILES string of the molecule is COC(=O)c1cccnc1NC1(C)CCNC1. The number of methoxy groups -OCH3 is 1. The summed E-state index contributed by atoms with van der Waals surface area (Å²) in [6.45, 7) is 3.96. The summed E-state index contributed by atoms with van der Waals surface area (Å²) in [4.78, 5) is 15.8. The molecule has 1 fully saturated rings. The van der Waals surface area contributed by atoms with Gasteiger partial charge < -0.3 is 15.4 Å². The van der Waals surface area contributed by atoms with Crippen LogP contribution in [0.15, 0.2) is 18.3 Å². The van der Waals surface area contributed by atoms with Gasteiger partial charge in [0.15, 0.2) is 0 Å². The Labute approximate surface area is 101 Å². The number of pyridine rings is 1. The molecule has 92 valence electrons. The van der Waals surface area contributed by atoms with Crippen molar-refractivity contribution in [2.24, 2.45) is 0 Å². The average Bonchev–Trinajstić information content (AvgIpc) is 2.75. The minimum atomic E-state index is -0.366. The molecule has 0 amide bonds. The monoisotopic (exact) mass is 235 g/mol. The molecule has 0 aliphatic carbocycles. The lowest BCUT2D eigenvalue weighted by Gasteiger charge is -2.26. The fourth-order valence-electron chi connectivity index (χ4n) is 1.99. The number of rotatable bonds is 3. The molecule has 1 atom stereocenters. The van der Waals surface area contributed by atoms with Crippen LogP contribution in [0.25, 0.3) is 0 Å². The smallest absolute Gasteiger partial charge is 0.341 e. The molecular weight excluding hydrogens is 218 g/mol. The van der Waals surface area contributed by atoms with Crippen LogP contribution < -0.4 is 10.6 Å². The van der Waals surface area contributed by atoms with Crippen molar-refractivity contribution < 1.29 is 9.53 Å². The third-order valence-corrected chi connectivity index (χ3v) is 3.00. The van der Waals surface area contributed by atoms with Gasteiger partial charge in [-0.25, -0.2) is 9.78 Å². The highest BCUT2D eigenvalue weighted by Gasteiger charge is 2.29. The molecule has 1 aliphatic rings. The van der Waals surface area contributed by atoms with Gasteiger partial charge in [-0.2, -0.15) is 0 Å². The largest absolute Gasteiger partial charge is 0.465 e. The Balaban J connectivity index is 2.23. The molecule has 0 spiro atoms. The van der Waals surface area contributed by atoms with Crippen LogP contribution in [0.5, 0.6) is 0 Å². The average molecular weight is 235 g/mol. The summed E-state index contributed by atoms with van der Waals surface area (Å²) in [5.41, 5.74) is 0.417. The lowest BCUT2D eigenvalue weighted by atomic mass is 10.0. The summed E-state index contributed by atoms with van der Waals surface area (Å²) in [6, 6.07) is 3.44. The number of aromatic nitrogens is 1. The first-order valence-electron chi connectivity index (χ1n) is 5.67. The topological polar surface area (TPSA) is 63.2 Å². The second-order valence-electron chi connectivity index (χ2n) is 4.50. The van der Waals surface area contributed by atoms with E-state index in [9.17, 15) is 4.79 Å². The first-order chi connectivity index (χ1) is 8.14. The Kier molecular flexibility index (Phi) is 3.28. The van der Waals surface area contributed by atoms with Gasteiger partial charge in [-0.3, -0.25) is 0 Å². The molecule has 0 aromatic carbocycles. The molecule has 1 aromatic heterocycles. The first kappa shape index (κ1) is 11.9. The number of hydrogen-bond donors (Lipinski definition) is 2. The molecule has 2 rings (SSSR count). The molecule has 17 heavy (non-hydrogen) atoms. The third kappa shape index (κ3) is 2.55. The molecule has 5 heteroatoms. The molecule has 0 saturated carbocycles. The summed E-state index contributed by atoms with van der Waals surface area (Å²) in [6.07, 6.45) is 2.67. The van der Waals surface area contributed by atoms with Gasteiger partial charge in [-0.15, -0.1) is 0 Å². The molecule has 5 nitrogen and oxygen atoms in total. The van der Waals surface area contributed by atoms with E-state index in [0.717, 1.165) is 19.5 Å². The van der Waals surface area contributed by atoms with Gasteiger partial charge >= 0.3 is 5.97 Å². The van der Waals surface area contributed by atoms with Crippen molar-refractivity contribution in [2.45, 2.75) is 18.9 Å². The zero-order valence-corrected chi connectivity index (χ0v) is 10.1. The number of carbonyl (C=O) groups is 1. The first-order valence-corrected chi connectivity index (χ1v) is 5.67. The minimum absolute atomic E-state index is 0.0584. The fraction of sp³-hybridized carbons (Fsp3) is 0.500. The van der Waals surface area contributed by atoms with E-state index in [-0.39, 0.29) is 11.5 Å². The van der Waals surface area contributed by atoms with Crippen molar-refractivity contribution in [1.29, 1.82) is 0 Å². The molecule has 2 heterocycles. The highest BCUT2D eigenvalue weighted by Crippen LogP contribution is 2.22. The van der Waals surface area contributed by atoms with Gasteiger partial charge in [-0.05, 0) is 32.0 Å². The van der Waals surface area contributed by atoms with Crippen LogP contribution >= 0.6 is 0 Å². The number of anilines is 1. The maximum Gasteiger partial charge on any atom is 0.341 e. The lowest BCUT2D eigenvalue weighted by molar-refractivity contribution is 0.0601. The molecule has 1 unspecified atom stereocenters. The summed E-state index contributed by atoms with van der Waals surface area (Å²) in [7, 11) is 1.37. The fourth-order valence-corrected chi connectivity index (χ4v) is 1.99. The van der Waals surface area contributed by atoms with Crippen LogP contribution in [0.1, 0.15) is 23.7 Å². The molecule has 1 aliphatic heterocycles. The van der Waals surface area contributed by atoms with Crippen LogP contribution in [0.3, 0.4) is 0 Å². The second-order valence-corrected chi connectivity index (χ2v) is 4.50. The maximum absolute atomic E-state index is 11.6. The van der Waals surface area contributed by atoms with E-state index in [0.29, 0.717) is 11.4 Å². The van der Waals surface area contributed by atoms with Crippen molar-refractivity contribution in [3.8, 4) is 0 Å². The van der Waals surface area contributed by atoms with Gasteiger partial charge in [0.25, 0.3) is 0 Å². The van der Waals surface area contributed by atoms with Gasteiger partial charge in [0.2, 0.25) is 0 Å². The highest BCUT2D eigenvalue weighted by molar-refractivity contribution is 5.94. The summed E-state index contributed by atoms with van der Waals surface area (Å²) in [5, 5.41) is 6.62. The molecular formula is C12H17N3O2. The molecule has 1 saturated heterocycles. The van der Waals surface area contributed by atoms with Crippen LogP contribution in [-0.2, 0) is 4.74 Å². The van der Waals surface area contributed by atoms with Gasteiger partial charge in [-0.1, -0.05) is 0 Å². The van der Waals surface area contributed by atoms with Crippen molar-refractivity contribution in [3.05, 3.63) is 23.9 Å². The van der Waals surface area contributed by atoms with E-state index < -0.39 is 0 Å². The Morgan fingerprint density at radius 2 is 2.47 bits per heavy atom.